The molecular formula is C15H16O5. The maximum Gasteiger partial charge on any atom is 0.334 e. The summed E-state index contributed by atoms with van der Waals surface area (Å²) in [7, 11) is 2.59. The minimum Gasteiger partial charge on any atom is -0.466 e. The van der Waals surface area contributed by atoms with Gasteiger partial charge in [0.05, 0.1) is 25.4 Å². The lowest BCUT2D eigenvalue weighted by molar-refractivity contribution is -0.140. The zero-order chi connectivity index (χ0) is 14.6. The first-order valence-corrected chi connectivity index (χ1v) is 6.64. The number of Topliss-reactive ketones (excluding diaryl/α,β-unsaturated/α-hetero) is 1. The van der Waals surface area contributed by atoms with E-state index in [9.17, 15) is 14.4 Å². The smallest absolute Gasteiger partial charge is 0.334 e. The van der Waals surface area contributed by atoms with Crippen molar-refractivity contribution in [2.24, 2.45) is 23.7 Å². The summed E-state index contributed by atoms with van der Waals surface area (Å²) in [5, 5.41) is 0. The molecule has 1 saturated carbocycles. The largest absolute Gasteiger partial charge is 0.466 e. The zero-order valence-electron chi connectivity index (χ0n) is 11.6. The standard InChI is InChI=1S/C15H16O5/c1-6-4-7-8-5-9(10(7)13(6)16)12(15(18)20-3)11(8)14(17)19-2/h4,7-10H,5H2,1-3H3/t7-,8+,9-,10-/m0/s1. The van der Waals surface area contributed by atoms with Crippen LogP contribution in [0.4, 0.5) is 0 Å². The van der Waals surface area contributed by atoms with E-state index in [-0.39, 0.29) is 29.5 Å². The lowest BCUT2D eigenvalue weighted by Crippen LogP contribution is -2.31. The average molecular weight is 276 g/mol. The van der Waals surface area contributed by atoms with E-state index < -0.39 is 11.9 Å². The van der Waals surface area contributed by atoms with Gasteiger partial charge < -0.3 is 9.47 Å². The van der Waals surface area contributed by atoms with Crippen molar-refractivity contribution in [1.29, 1.82) is 0 Å². The Morgan fingerprint density at radius 3 is 2.20 bits per heavy atom. The Hall–Kier alpha value is -1.91. The van der Waals surface area contributed by atoms with Crippen LogP contribution in [0, 0.1) is 23.7 Å². The average Bonchev–Trinajstić information content (AvgIpc) is 3.07. The monoisotopic (exact) mass is 276 g/mol. The topological polar surface area (TPSA) is 69.7 Å². The summed E-state index contributed by atoms with van der Waals surface area (Å²) in [5.74, 6) is -1.42. The highest BCUT2D eigenvalue weighted by Crippen LogP contribution is 2.59. The highest BCUT2D eigenvalue weighted by Gasteiger charge is 2.59. The number of ketones is 1. The van der Waals surface area contributed by atoms with Crippen molar-refractivity contribution in [2.75, 3.05) is 14.2 Å². The summed E-state index contributed by atoms with van der Waals surface area (Å²) < 4.78 is 9.59. The van der Waals surface area contributed by atoms with Gasteiger partial charge in [-0.15, -0.1) is 0 Å². The fourth-order valence-electron chi connectivity index (χ4n) is 4.06. The van der Waals surface area contributed by atoms with Gasteiger partial charge in [-0.3, -0.25) is 4.79 Å². The normalized spacial score (nSPS) is 34.1. The molecule has 0 aromatic heterocycles. The maximum atomic E-state index is 12.2. The minimum absolute atomic E-state index is 0.0232. The van der Waals surface area contributed by atoms with Crippen molar-refractivity contribution in [2.45, 2.75) is 13.3 Å². The van der Waals surface area contributed by atoms with Crippen molar-refractivity contribution in [3.8, 4) is 0 Å². The number of ether oxygens (including phenoxy) is 2. The molecule has 0 spiro atoms. The fraction of sp³-hybridized carbons (Fsp3) is 0.533. The van der Waals surface area contributed by atoms with E-state index in [1.807, 2.05) is 6.08 Å². The highest BCUT2D eigenvalue weighted by atomic mass is 16.5. The minimum atomic E-state index is -0.520. The lowest BCUT2D eigenvalue weighted by Gasteiger charge is -2.26. The highest BCUT2D eigenvalue weighted by molar-refractivity contribution is 6.07. The molecule has 0 aromatic rings. The second-order valence-corrected chi connectivity index (χ2v) is 5.58. The predicted octanol–water partition coefficient (Wildman–Crippen LogP) is 1.04. The molecule has 2 bridgehead atoms. The molecule has 0 radical (unpaired) electrons. The SMILES string of the molecule is COC(=O)C1=C(C(=O)OC)[C@@H]2C[C@H]1[C@H]1C(=O)C(C)=C[C@H]12. The van der Waals surface area contributed by atoms with Crippen LogP contribution in [0.15, 0.2) is 22.8 Å². The van der Waals surface area contributed by atoms with Gasteiger partial charge in [0.1, 0.15) is 0 Å². The van der Waals surface area contributed by atoms with Crippen molar-refractivity contribution in [3.05, 3.63) is 22.8 Å². The van der Waals surface area contributed by atoms with Crippen LogP contribution in [0.1, 0.15) is 13.3 Å². The van der Waals surface area contributed by atoms with Crippen molar-refractivity contribution < 1.29 is 23.9 Å². The number of rotatable bonds is 2. The van der Waals surface area contributed by atoms with Gasteiger partial charge in [-0.25, -0.2) is 9.59 Å². The van der Waals surface area contributed by atoms with E-state index in [0.29, 0.717) is 17.6 Å². The van der Waals surface area contributed by atoms with Gasteiger partial charge in [-0.2, -0.15) is 0 Å². The number of fused-ring (bicyclic) bond motifs is 5. The Bertz CT molecular complexity index is 583. The molecule has 4 atom stereocenters. The van der Waals surface area contributed by atoms with Crippen LogP contribution < -0.4 is 0 Å². The molecule has 0 N–H and O–H groups in total. The van der Waals surface area contributed by atoms with Crippen LogP contribution in [-0.4, -0.2) is 31.9 Å². The Morgan fingerprint density at radius 1 is 1.10 bits per heavy atom. The third-order valence-corrected chi connectivity index (χ3v) is 4.80. The van der Waals surface area contributed by atoms with Crippen LogP contribution in [0.25, 0.3) is 0 Å². The number of methoxy groups -OCH3 is 2. The second kappa shape index (κ2) is 4.30. The zero-order valence-corrected chi connectivity index (χ0v) is 11.6. The maximum absolute atomic E-state index is 12.2. The third kappa shape index (κ3) is 1.46. The molecule has 0 unspecified atom stereocenters. The molecule has 0 aromatic carbocycles. The summed E-state index contributed by atoms with van der Waals surface area (Å²) in [6, 6.07) is 0. The van der Waals surface area contributed by atoms with Crippen LogP contribution in [0.5, 0.6) is 0 Å². The van der Waals surface area contributed by atoms with Gasteiger partial charge in [0, 0.05) is 11.8 Å². The van der Waals surface area contributed by atoms with Gasteiger partial charge in [-0.1, -0.05) is 6.08 Å². The lowest BCUT2D eigenvalue weighted by atomic mass is 9.77. The molecule has 1 fully saturated rings. The number of carbonyl (C=O) groups excluding carboxylic acids is 3. The number of carbonyl (C=O) groups is 3. The first kappa shape index (κ1) is 13.1. The molecule has 0 saturated heterocycles. The van der Waals surface area contributed by atoms with Gasteiger partial charge >= 0.3 is 11.9 Å². The quantitative estimate of drug-likeness (QED) is 0.705. The van der Waals surface area contributed by atoms with Gasteiger partial charge in [0.15, 0.2) is 5.78 Å². The van der Waals surface area contributed by atoms with Crippen LogP contribution >= 0.6 is 0 Å². The van der Waals surface area contributed by atoms with E-state index in [4.69, 9.17) is 9.47 Å². The number of hydrogen-bond acceptors (Lipinski definition) is 5. The van der Waals surface area contributed by atoms with E-state index in [1.165, 1.54) is 14.2 Å². The summed E-state index contributed by atoms with van der Waals surface area (Å²) >= 11 is 0. The molecule has 106 valence electrons. The Labute approximate surface area is 116 Å². The van der Waals surface area contributed by atoms with Gasteiger partial charge in [0.25, 0.3) is 0 Å². The Balaban J connectivity index is 2.09. The van der Waals surface area contributed by atoms with Crippen LogP contribution in [-0.2, 0) is 23.9 Å². The van der Waals surface area contributed by atoms with E-state index in [2.05, 4.69) is 0 Å². The molecule has 5 heteroatoms. The molecule has 20 heavy (non-hydrogen) atoms. The molecule has 0 aliphatic heterocycles. The van der Waals surface area contributed by atoms with E-state index >= 15 is 0 Å². The second-order valence-electron chi connectivity index (χ2n) is 5.58. The first-order valence-electron chi connectivity index (χ1n) is 6.64. The molecule has 0 heterocycles. The van der Waals surface area contributed by atoms with Gasteiger partial charge in [0.2, 0.25) is 0 Å². The Morgan fingerprint density at radius 2 is 1.65 bits per heavy atom. The van der Waals surface area contributed by atoms with Gasteiger partial charge in [-0.05, 0) is 30.8 Å². The fourth-order valence-corrected chi connectivity index (χ4v) is 4.06. The summed E-state index contributed by atoms with van der Waals surface area (Å²) in [5.41, 5.74) is 1.48. The first-order chi connectivity index (χ1) is 9.51. The van der Waals surface area contributed by atoms with E-state index in [0.717, 1.165) is 5.57 Å². The molecule has 3 rings (SSSR count). The van der Waals surface area contributed by atoms with Crippen LogP contribution in [0.2, 0.25) is 0 Å². The third-order valence-electron chi connectivity index (χ3n) is 4.80. The molecule has 5 nitrogen and oxygen atoms in total. The van der Waals surface area contributed by atoms with Crippen molar-refractivity contribution in [1.82, 2.24) is 0 Å². The summed E-state index contributed by atoms with van der Waals surface area (Å²) in [4.78, 5) is 36.2. The van der Waals surface area contributed by atoms with E-state index in [1.54, 1.807) is 6.92 Å². The summed E-state index contributed by atoms with van der Waals surface area (Å²) in [6.07, 6.45) is 2.59. The number of hydrogen-bond donors (Lipinski definition) is 0. The van der Waals surface area contributed by atoms with Crippen LogP contribution in [0.3, 0.4) is 0 Å². The molecule has 0 amide bonds. The number of allylic oxidation sites excluding steroid dienone is 2. The van der Waals surface area contributed by atoms with Crippen molar-refractivity contribution in [3.63, 3.8) is 0 Å². The van der Waals surface area contributed by atoms with Crippen molar-refractivity contribution >= 4 is 17.7 Å². The summed E-state index contributed by atoms with van der Waals surface area (Å²) in [6.45, 7) is 1.79. The molecule has 3 aliphatic carbocycles. The Kier molecular flexibility index (Phi) is 2.81. The number of esters is 2. The molecule has 3 aliphatic rings. The molecular weight excluding hydrogens is 260 g/mol. The predicted molar refractivity (Wildman–Crippen MR) is 68.4 cm³/mol.